The van der Waals surface area contributed by atoms with Crippen LogP contribution in [0.25, 0.3) is 0 Å². The van der Waals surface area contributed by atoms with Gasteiger partial charge in [0.15, 0.2) is 0 Å². The molecule has 1 fully saturated rings. The molecule has 0 bridgehead atoms. The molecular weight excluding hydrogens is 404 g/mol. The molecule has 0 heterocycles. The van der Waals surface area contributed by atoms with E-state index in [1.165, 1.54) is 5.56 Å². The number of amides is 1. The van der Waals surface area contributed by atoms with Gasteiger partial charge in [0.2, 0.25) is 15.9 Å². The molecule has 132 valence electrons. The summed E-state index contributed by atoms with van der Waals surface area (Å²) < 4.78 is 25.9. The number of anilines is 2. The number of carbonyl (C=O) groups excluding carboxylic acids is 1. The quantitative estimate of drug-likeness (QED) is 0.765. The summed E-state index contributed by atoms with van der Waals surface area (Å²) in [6.45, 7) is 0. The van der Waals surface area contributed by atoms with Crippen LogP contribution in [0, 0.1) is 5.92 Å². The summed E-state index contributed by atoms with van der Waals surface area (Å²) in [4.78, 5) is 12.6. The van der Waals surface area contributed by atoms with Crippen LogP contribution in [0.1, 0.15) is 24.3 Å². The Morgan fingerprint density at radius 1 is 1.08 bits per heavy atom. The fourth-order valence-electron chi connectivity index (χ4n) is 3.08. The Morgan fingerprint density at radius 2 is 1.76 bits per heavy atom. The molecule has 2 atom stereocenters. The summed E-state index contributed by atoms with van der Waals surface area (Å²) >= 11 is 3.34. The van der Waals surface area contributed by atoms with E-state index in [9.17, 15) is 13.2 Å². The Balaban J connectivity index is 1.73. The lowest BCUT2D eigenvalue weighted by Crippen LogP contribution is -2.35. The van der Waals surface area contributed by atoms with Crippen LogP contribution in [0.5, 0.6) is 0 Å². The van der Waals surface area contributed by atoms with E-state index in [0.717, 1.165) is 19.1 Å². The van der Waals surface area contributed by atoms with Crippen LogP contribution < -0.4 is 10.0 Å². The largest absolute Gasteiger partial charge is 0.326 e. The predicted octanol–water partition coefficient (Wildman–Crippen LogP) is 3.95. The number of carbonyl (C=O) groups is 1. The number of sulfonamides is 1. The highest BCUT2D eigenvalue weighted by atomic mass is 79.9. The zero-order valence-corrected chi connectivity index (χ0v) is 16.1. The van der Waals surface area contributed by atoms with Crippen molar-refractivity contribution < 1.29 is 13.2 Å². The molecule has 0 spiro atoms. The number of benzene rings is 2. The molecule has 5 nitrogen and oxygen atoms in total. The Kier molecular flexibility index (Phi) is 5.15. The summed E-state index contributed by atoms with van der Waals surface area (Å²) in [5.41, 5.74) is 2.15. The van der Waals surface area contributed by atoms with Gasteiger partial charge in [0.25, 0.3) is 0 Å². The maximum absolute atomic E-state index is 12.6. The van der Waals surface area contributed by atoms with Gasteiger partial charge in [0.05, 0.1) is 11.9 Å². The molecule has 1 saturated carbocycles. The highest BCUT2D eigenvalue weighted by molar-refractivity contribution is 9.10. The van der Waals surface area contributed by atoms with E-state index in [4.69, 9.17) is 0 Å². The fraction of sp³-hybridized carbons (Fsp3) is 0.278. The third-order valence-corrected chi connectivity index (χ3v) is 5.37. The third-order valence-electron chi connectivity index (χ3n) is 4.31. The smallest absolute Gasteiger partial charge is 0.229 e. The molecule has 2 aromatic rings. The molecule has 2 N–H and O–H groups in total. The van der Waals surface area contributed by atoms with E-state index in [0.29, 0.717) is 15.8 Å². The number of hydrogen-bond donors (Lipinski definition) is 2. The average Bonchev–Trinajstić information content (AvgIpc) is 2.44. The molecule has 0 saturated heterocycles. The lowest BCUT2D eigenvalue weighted by Gasteiger charge is -2.35. The zero-order valence-electron chi connectivity index (χ0n) is 13.7. The average molecular weight is 423 g/mol. The van der Waals surface area contributed by atoms with Gasteiger partial charge in [0, 0.05) is 16.1 Å². The molecular formula is C18H19BrN2O3S. The Bertz CT molecular complexity index is 884. The highest BCUT2D eigenvalue weighted by Gasteiger charge is 2.37. The van der Waals surface area contributed by atoms with Gasteiger partial charge in [-0.1, -0.05) is 46.3 Å². The second-order valence-electron chi connectivity index (χ2n) is 6.29. The van der Waals surface area contributed by atoms with Crippen molar-refractivity contribution in [3.05, 3.63) is 58.6 Å². The second-order valence-corrected chi connectivity index (χ2v) is 8.96. The van der Waals surface area contributed by atoms with E-state index in [1.807, 2.05) is 18.2 Å². The number of halogens is 1. The van der Waals surface area contributed by atoms with Crippen LogP contribution in [0.4, 0.5) is 11.4 Å². The van der Waals surface area contributed by atoms with Gasteiger partial charge in [0.1, 0.15) is 0 Å². The first-order valence-corrected chi connectivity index (χ1v) is 10.6. The lowest BCUT2D eigenvalue weighted by atomic mass is 9.69. The van der Waals surface area contributed by atoms with Crippen LogP contribution >= 0.6 is 15.9 Å². The van der Waals surface area contributed by atoms with Crippen molar-refractivity contribution in [3.8, 4) is 0 Å². The minimum Gasteiger partial charge on any atom is -0.326 e. The zero-order chi connectivity index (χ0) is 18.0. The van der Waals surface area contributed by atoms with Gasteiger partial charge in [-0.3, -0.25) is 9.52 Å². The van der Waals surface area contributed by atoms with E-state index in [1.54, 1.807) is 18.2 Å². The molecule has 2 unspecified atom stereocenters. The Morgan fingerprint density at radius 3 is 2.36 bits per heavy atom. The van der Waals surface area contributed by atoms with E-state index < -0.39 is 10.0 Å². The fourth-order valence-corrected chi connectivity index (χ4v) is 4.12. The molecule has 7 heteroatoms. The van der Waals surface area contributed by atoms with Gasteiger partial charge in [-0.15, -0.1) is 0 Å². The summed E-state index contributed by atoms with van der Waals surface area (Å²) in [5, 5.41) is 2.91. The molecule has 0 aliphatic heterocycles. The predicted molar refractivity (Wildman–Crippen MR) is 103 cm³/mol. The number of hydrogen-bond acceptors (Lipinski definition) is 3. The van der Waals surface area contributed by atoms with Crippen LogP contribution in [-0.4, -0.2) is 20.6 Å². The standard InChI is InChI=1S/C18H19BrN2O3S/c1-25(23,24)21-15-10-13(19)9-14(11-15)20-18(22)17-8-7-16(17)12-5-3-2-4-6-12/h2-6,9-11,16-17,21H,7-8H2,1H3,(H,20,22). The van der Waals surface area contributed by atoms with Crippen molar-refractivity contribution in [1.82, 2.24) is 0 Å². The summed E-state index contributed by atoms with van der Waals surface area (Å²) in [7, 11) is -3.38. The third kappa shape index (κ3) is 4.61. The second kappa shape index (κ2) is 7.17. The maximum Gasteiger partial charge on any atom is 0.229 e. The first-order chi connectivity index (χ1) is 11.8. The van der Waals surface area contributed by atoms with Crippen molar-refractivity contribution >= 4 is 43.2 Å². The Labute approximate surface area is 156 Å². The number of nitrogens with one attached hydrogen (secondary N) is 2. The summed E-state index contributed by atoms with van der Waals surface area (Å²) in [5.74, 6) is 0.137. The van der Waals surface area contributed by atoms with Crippen LogP contribution in [-0.2, 0) is 14.8 Å². The first kappa shape index (κ1) is 17.9. The number of rotatable bonds is 5. The highest BCUT2D eigenvalue weighted by Crippen LogP contribution is 2.43. The minimum atomic E-state index is -3.38. The van der Waals surface area contributed by atoms with Gasteiger partial charge >= 0.3 is 0 Å². The van der Waals surface area contributed by atoms with Gasteiger partial charge in [-0.05, 0) is 42.5 Å². The van der Waals surface area contributed by atoms with Crippen molar-refractivity contribution in [2.45, 2.75) is 18.8 Å². The van der Waals surface area contributed by atoms with E-state index in [2.05, 4.69) is 38.1 Å². The summed E-state index contributed by atoms with van der Waals surface area (Å²) in [6, 6.07) is 15.1. The monoisotopic (exact) mass is 422 g/mol. The SMILES string of the molecule is CS(=O)(=O)Nc1cc(Br)cc(NC(=O)C2CCC2c2ccccc2)c1. The first-order valence-electron chi connectivity index (χ1n) is 7.96. The van der Waals surface area contributed by atoms with Crippen molar-refractivity contribution in [3.63, 3.8) is 0 Å². The van der Waals surface area contributed by atoms with Gasteiger partial charge < -0.3 is 5.32 Å². The van der Waals surface area contributed by atoms with E-state index in [-0.39, 0.29) is 17.7 Å². The topological polar surface area (TPSA) is 75.3 Å². The molecule has 2 aromatic carbocycles. The molecule has 25 heavy (non-hydrogen) atoms. The van der Waals surface area contributed by atoms with Crippen molar-refractivity contribution in [1.29, 1.82) is 0 Å². The van der Waals surface area contributed by atoms with E-state index >= 15 is 0 Å². The van der Waals surface area contributed by atoms with Gasteiger partial charge in [-0.2, -0.15) is 0 Å². The van der Waals surface area contributed by atoms with Crippen molar-refractivity contribution in [2.24, 2.45) is 5.92 Å². The molecule has 1 amide bonds. The molecule has 1 aliphatic carbocycles. The molecule has 0 radical (unpaired) electrons. The normalized spacial score (nSPS) is 19.8. The minimum absolute atomic E-state index is 0.0384. The molecule has 3 rings (SSSR count). The van der Waals surface area contributed by atoms with Crippen LogP contribution in [0.2, 0.25) is 0 Å². The van der Waals surface area contributed by atoms with Crippen molar-refractivity contribution in [2.75, 3.05) is 16.3 Å². The van der Waals surface area contributed by atoms with Crippen LogP contribution in [0.15, 0.2) is 53.0 Å². The van der Waals surface area contributed by atoms with Gasteiger partial charge in [-0.25, -0.2) is 8.42 Å². The Hall–Kier alpha value is -1.86. The lowest BCUT2D eigenvalue weighted by molar-refractivity contribution is -0.123. The van der Waals surface area contributed by atoms with Crippen LogP contribution in [0.3, 0.4) is 0 Å². The molecule has 0 aromatic heterocycles. The maximum atomic E-state index is 12.6. The summed E-state index contributed by atoms with van der Waals surface area (Å²) in [6.07, 6.45) is 2.94. The molecule has 1 aliphatic rings.